The highest BCUT2D eigenvalue weighted by Gasteiger charge is 2.19. The van der Waals surface area contributed by atoms with Crippen molar-refractivity contribution in [3.05, 3.63) is 35.4 Å². The van der Waals surface area contributed by atoms with Gasteiger partial charge in [-0.1, -0.05) is 26.0 Å². The molecule has 0 bridgehead atoms. The van der Waals surface area contributed by atoms with Crippen molar-refractivity contribution in [3.63, 3.8) is 0 Å². The molecule has 0 radical (unpaired) electrons. The zero-order chi connectivity index (χ0) is 14.5. The van der Waals surface area contributed by atoms with E-state index in [1.54, 1.807) is 38.1 Å². The van der Waals surface area contributed by atoms with Gasteiger partial charge in [-0.05, 0) is 17.7 Å². The molecule has 5 nitrogen and oxygen atoms in total. The Balaban J connectivity index is 2.86. The molecule has 0 fully saturated rings. The van der Waals surface area contributed by atoms with Crippen molar-refractivity contribution in [1.29, 1.82) is 0 Å². The van der Waals surface area contributed by atoms with Crippen molar-refractivity contribution in [3.8, 4) is 0 Å². The molecule has 106 valence electrons. The minimum atomic E-state index is -3.30. The average molecular weight is 285 g/mol. The van der Waals surface area contributed by atoms with Gasteiger partial charge < -0.3 is 4.74 Å². The molecule has 0 atom stereocenters. The van der Waals surface area contributed by atoms with E-state index in [2.05, 4.69) is 4.74 Å². The van der Waals surface area contributed by atoms with Crippen LogP contribution >= 0.6 is 0 Å². The van der Waals surface area contributed by atoms with Gasteiger partial charge in [-0.3, -0.25) is 0 Å². The molecule has 0 amide bonds. The first kappa shape index (κ1) is 15.7. The van der Waals surface area contributed by atoms with Crippen LogP contribution in [0.5, 0.6) is 0 Å². The summed E-state index contributed by atoms with van der Waals surface area (Å²) in [7, 11) is -1.99. The lowest BCUT2D eigenvalue weighted by Gasteiger charge is -2.18. The van der Waals surface area contributed by atoms with Crippen molar-refractivity contribution >= 4 is 16.0 Å². The van der Waals surface area contributed by atoms with Crippen molar-refractivity contribution < 1.29 is 17.9 Å². The van der Waals surface area contributed by atoms with Gasteiger partial charge in [-0.2, -0.15) is 0 Å². The Morgan fingerprint density at radius 1 is 1.16 bits per heavy atom. The zero-order valence-corrected chi connectivity index (χ0v) is 12.2. The first-order valence-corrected chi connectivity index (χ1v) is 7.70. The maximum Gasteiger partial charge on any atom is 0.337 e. The number of hydrogen-bond donors (Lipinski definition) is 0. The Morgan fingerprint density at radius 2 is 1.68 bits per heavy atom. The molecule has 1 rings (SSSR count). The van der Waals surface area contributed by atoms with Crippen LogP contribution in [0.25, 0.3) is 0 Å². The third-order valence-corrected chi connectivity index (χ3v) is 4.82. The van der Waals surface area contributed by atoms with Crippen LogP contribution in [-0.4, -0.2) is 38.9 Å². The smallest absolute Gasteiger partial charge is 0.337 e. The van der Waals surface area contributed by atoms with E-state index in [0.717, 1.165) is 0 Å². The van der Waals surface area contributed by atoms with Gasteiger partial charge in [0.1, 0.15) is 0 Å². The summed E-state index contributed by atoms with van der Waals surface area (Å²) in [4.78, 5) is 11.3. The Morgan fingerprint density at radius 3 is 2.11 bits per heavy atom. The first-order chi connectivity index (χ1) is 8.94. The fourth-order valence-corrected chi connectivity index (χ4v) is 3.36. The van der Waals surface area contributed by atoms with E-state index in [-0.39, 0.29) is 5.75 Å². The van der Waals surface area contributed by atoms with Crippen molar-refractivity contribution in [2.75, 3.05) is 20.2 Å². The van der Waals surface area contributed by atoms with E-state index in [0.29, 0.717) is 24.2 Å². The average Bonchev–Trinajstić information content (AvgIpc) is 2.39. The van der Waals surface area contributed by atoms with Crippen LogP contribution in [0.2, 0.25) is 0 Å². The number of carbonyl (C=O) groups excluding carboxylic acids is 1. The number of nitrogens with zero attached hydrogens (tertiary/aromatic N) is 1. The summed E-state index contributed by atoms with van der Waals surface area (Å²) in [6.07, 6.45) is 0. The van der Waals surface area contributed by atoms with Crippen molar-refractivity contribution in [2.45, 2.75) is 19.6 Å². The second-order valence-corrected chi connectivity index (χ2v) is 6.00. The first-order valence-electron chi connectivity index (χ1n) is 6.09. The monoisotopic (exact) mass is 285 g/mol. The Hall–Kier alpha value is -1.40. The maximum atomic E-state index is 12.1. The topological polar surface area (TPSA) is 63.7 Å². The lowest BCUT2D eigenvalue weighted by molar-refractivity contribution is 0.0600. The number of esters is 1. The van der Waals surface area contributed by atoms with Gasteiger partial charge in [-0.25, -0.2) is 17.5 Å². The SMILES string of the molecule is CCN(CC)S(=O)(=O)Cc1ccc(C(=O)OC)cc1. The number of benzene rings is 1. The lowest BCUT2D eigenvalue weighted by atomic mass is 10.1. The van der Waals surface area contributed by atoms with Crippen LogP contribution in [0, 0.1) is 0 Å². The summed E-state index contributed by atoms with van der Waals surface area (Å²) in [6.45, 7) is 4.53. The van der Waals surface area contributed by atoms with Gasteiger partial charge >= 0.3 is 5.97 Å². The van der Waals surface area contributed by atoms with E-state index in [1.807, 2.05) is 0 Å². The predicted octanol–water partition coefficient (Wildman–Crippen LogP) is 1.64. The molecule has 1 aromatic carbocycles. The highest BCUT2D eigenvalue weighted by atomic mass is 32.2. The fourth-order valence-electron chi connectivity index (χ4n) is 1.77. The molecule has 19 heavy (non-hydrogen) atoms. The van der Waals surface area contributed by atoms with Gasteiger partial charge in [0.15, 0.2) is 0 Å². The van der Waals surface area contributed by atoms with Gasteiger partial charge in [0.05, 0.1) is 18.4 Å². The van der Waals surface area contributed by atoms with Crippen LogP contribution in [0.3, 0.4) is 0 Å². The van der Waals surface area contributed by atoms with Crippen molar-refractivity contribution in [1.82, 2.24) is 4.31 Å². The summed E-state index contributed by atoms with van der Waals surface area (Å²) in [5.74, 6) is -0.492. The minimum absolute atomic E-state index is 0.0594. The summed E-state index contributed by atoms with van der Waals surface area (Å²) in [6, 6.07) is 6.40. The normalized spacial score (nSPS) is 11.6. The lowest BCUT2D eigenvalue weighted by Crippen LogP contribution is -2.31. The summed E-state index contributed by atoms with van der Waals surface area (Å²) in [5, 5.41) is 0. The van der Waals surface area contributed by atoms with E-state index < -0.39 is 16.0 Å². The number of ether oxygens (including phenoxy) is 1. The molecule has 0 aliphatic heterocycles. The van der Waals surface area contributed by atoms with Crippen LogP contribution in [0.4, 0.5) is 0 Å². The Labute approximate surface area is 114 Å². The Bertz CT molecular complexity index is 518. The minimum Gasteiger partial charge on any atom is -0.465 e. The predicted molar refractivity (Wildman–Crippen MR) is 73.3 cm³/mol. The second-order valence-electron chi connectivity index (χ2n) is 4.03. The molecule has 0 saturated carbocycles. The van der Waals surface area contributed by atoms with E-state index in [1.165, 1.54) is 11.4 Å². The highest BCUT2D eigenvalue weighted by molar-refractivity contribution is 7.88. The standard InChI is InChI=1S/C13H19NO4S/c1-4-14(5-2)19(16,17)10-11-6-8-12(9-7-11)13(15)18-3/h6-9H,4-5,10H2,1-3H3. The number of methoxy groups -OCH3 is 1. The quantitative estimate of drug-likeness (QED) is 0.745. The van der Waals surface area contributed by atoms with Gasteiger partial charge in [0.2, 0.25) is 10.0 Å². The van der Waals surface area contributed by atoms with Crippen LogP contribution in [0.15, 0.2) is 24.3 Å². The zero-order valence-electron chi connectivity index (χ0n) is 11.4. The molecule has 0 aliphatic carbocycles. The van der Waals surface area contributed by atoms with Gasteiger partial charge in [-0.15, -0.1) is 0 Å². The van der Waals surface area contributed by atoms with E-state index >= 15 is 0 Å². The van der Waals surface area contributed by atoms with E-state index in [4.69, 9.17) is 0 Å². The van der Waals surface area contributed by atoms with Crippen LogP contribution in [0.1, 0.15) is 29.8 Å². The molecule has 0 N–H and O–H groups in total. The molecular weight excluding hydrogens is 266 g/mol. The molecule has 0 saturated heterocycles. The number of rotatable bonds is 6. The summed E-state index contributed by atoms with van der Waals surface area (Å²) < 4.78 is 30.1. The number of sulfonamides is 1. The van der Waals surface area contributed by atoms with Gasteiger partial charge in [0.25, 0.3) is 0 Å². The third kappa shape index (κ3) is 4.04. The molecule has 1 aromatic rings. The molecule has 0 heterocycles. The fraction of sp³-hybridized carbons (Fsp3) is 0.462. The summed E-state index contributed by atoms with van der Waals surface area (Å²) in [5.41, 5.74) is 1.06. The number of carbonyl (C=O) groups is 1. The largest absolute Gasteiger partial charge is 0.465 e. The van der Waals surface area contributed by atoms with Crippen LogP contribution < -0.4 is 0 Å². The third-order valence-electron chi connectivity index (χ3n) is 2.82. The van der Waals surface area contributed by atoms with Crippen LogP contribution in [-0.2, 0) is 20.5 Å². The molecule has 0 spiro atoms. The second kappa shape index (κ2) is 6.68. The molecular formula is C13H19NO4S. The molecule has 6 heteroatoms. The Kier molecular flexibility index (Phi) is 5.50. The molecule has 0 unspecified atom stereocenters. The number of hydrogen-bond acceptors (Lipinski definition) is 4. The molecule has 0 aliphatic rings. The van der Waals surface area contributed by atoms with Gasteiger partial charge in [0, 0.05) is 13.1 Å². The van der Waals surface area contributed by atoms with Crippen molar-refractivity contribution in [2.24, 2.45) is 0 Å². The maximum absolute atomic E-state index is 12.1. The van der Waals surface area contributed by atoms with E-state index in [9.17, 15) is 13.2 Å². The molecule has 0 aromatic heterocycles. The highest BCUT2D eigenvalue weighted by Crippen LogP contribution is 2.12. The summed E-state index contributed by atoms with van der Waals surface area (Å²) >= 11 is 0.